The Morgan fingerprint density at radius 2 is 1.76 bits per heavy atom. The number of hydrogen-bond acceptors (Lipinski definition) is 4. The number of benzene rings is 2. The summed E-state index contributed by atoms with van der Waals surface area (Å²) in [5.41, 5.74) is 2.82. The second-order valence-electron chi connectivity index (χ2n) is 4.92. The number of nitrogens with zero attached hydrogens (tertiary/aromatic N) is 1. The Hall–Kier alpha value is -2.32. The highest BCUT2D eigenvalue weighted by Gasteiger charge is 2.15. The number of hydrogen-bond donors (Lipinski definition) is 0. The minimum atomic E-state index is -3.76. The molecule has 0 fully saturated rings. The molecule has 2 aromatic carbocycles. The molecular formula is C16H15NO3S. The summed E-state index contributed by atoms with van der Waals surface area (Å²) in [6, 6.07) is 13.8. The van der Waals surface area contributed by atoms with E-state index >= 15 is 0 Å². The van der Waals surface area contributed by atoms with Gasteiger partial charge < -0.3 is 4.18 Å². The van der Waals surface area contributed by atoms with E-state index in [-0.39, 0.29) is 5.75 Å². The monoisotopic (exact) mass is 301 g/mol. The molecule has 0 spiro atoms. The smallest absolute Gasteiger partial charge is 0.313 e. The molecule has 2 rings (SSSR count). The third kappa shape index (κ3) is 4.33. The quantitative estimate of drug-likeness (QED) is 0.814. The van der Waals surface area contributed by atoms with Crippen molar-refractivity contribution in [1.82, 2.24) is 0 Å². The summed E-state index contributed by atoms with van der Waals surface area (Å²) in [5, 5.41) is 8.83. The van der Waals surface area contributed by atoms with Gasteiger partial charge in [0.05, 0.1) is 11.6 Å². The van der Waals surface area contributed by atoms with Gasteiger partial charge in [-0.15, -0.1) is 0 Å². The Kier molecular flexibility index (Phi) is 4.29. The normalized spacial score (nSPS) is 10.9. The van der Waals surface area contributed by atoms with E-state index in [1.54, 1.807) is 36.4 Å². The average Bonchev–Trinajstić information content (AvgIpc) is 2.36. The van der Waals surface area contributed by atoms with Gasteiger partial charge in [-0.1, -0.05) is 18.2 Å². The minimum absolute atomic E-state index is 0.268. The lowest BCUT2D eigenvalue weighted by atomic mass is 10.1. The molecule has 0 atom stereocenters. The van der Waals surface area contributed by atoms with Crippen LogP contribution in [-0.2, 0) is 15.9 Å². The van der Waals surface area contributed by atoms with E-state index in [0.29, 0.717) is 16.9 Å². The molecule has 0 aliphatic carbocycles. The molecule has 0 radical (unpaired) electrons. The van der Waals surface area contributed by atoms with Gasteiger partial charge in [-0.3, -0.25) is 0 Å². The largest absolute Gasteiger partial charge is 0.382 e. The highest BCUT2D eigenvalue weighted by molar-refractivity contribution is 7.86. The van der Waals surface area contributed by atoms with E-state index in [0.717, 1.165) is 11.1 Å². The van der Waals surface area contributed by atoms with Crippen LogP contribution in [0.25, 0.3) is 0 Å². The van der Waals surface area contributed by atoms with Crippen molar-refractivity contribution in [2.45, 2.75) is 19.6 Å². The molecule has 4 nitrogen and oxygen atoms in total. The fourth-order valence-electron chi connectivity index (χ4n) is 2.09. The predicted octanol–water partition coefficient (Wildman–Crippen LogP) is 3.08. The van der Waals surface area contributed by atoms with E-state index < -0.39 is 10.1 Å². The van der Waals surface area contributed by atoms with Gasteiger partial charge in [0.1, 0.15) is 11.5 Å². The SMILES string of the molecule is Cc1cc(C)cc(OS(=O)(=O)Cc2cccc(C#N)c2)c1. The first-order valence-corrected chi connectivity index (χ1v) is 7.95. The molecule has 108 valence electrons. The van der Waals surface area contributed by atoms with Crippen LogP contribution in [0.2, 0.25) is 0 Å². The van der Waals surface area contributed by atoms with Crippen molar-refractivity contribution in [1.29, 1.82) is 5.26 Å². The van der Waals surface area contributed by atoms with Crippen LogP contribution in [0, 0.1) is 25.2 Å². The summed E-state index contributed by atoms with van der Waals surface area (Å²) in [4.78, 5) is 0. The molecule has 0 heterocycles. The summed E-state index contributed by atoms with van der Waals surface area (Å²) in [5.74, 6) is 0.0409. The maximum absolute atomic E-state index is 12.1. The highest BCUT2D eigenvalue weighted by Crippen LogP contribution is 2.20. The van der Waals surface area contributed by atoms with Gasteiger partial charge in [-0.05, 0) is 54.8 Å². The van der Waals surface area contributed by atoms with Crippen molar-refractivity contribution in [2.75, 3.05) is 0 Å². The first-order chi connectivity index (χ1) is 9.88. The van der Waals surface area contributed by atoms with E-state index in [9.17, 15) is 8.42 Å². The fraction of sp³-hybridized carbons (Fsp3) is 0.188. The standard InChI is InChI=1S/C16H15NO3S/c1-12-6-13(2)8-16(7-12)20-21(18,19)11-15-5-3-4-14(9-15)10-17/h3-9H,11H2,1-2H3. The van der Waals surface area contributed by atoms with Gasteiger partial charge in [-0.25, -0.2) is 0 Å². The van der Waals surface area contributed by atoms with E-state index in [1.165, 1.54) is 0 Å². The van der Waals surface area contributed by atoms with Crippen molar-refractivity contribution in [3.8, 4) is 11.8 Å². The molecule has 0 N–H and O–H groups in total. The summed E-state index contributed by atoms with van der Waals surface area (Å²) in [6.45, 7) is 3.76. The van der Waals surface area contributed by atoms with Crippen molar-refractivity contribution >= 4 is 10.1 Å². The number of nitriles is 1. The van der Waals surface area contributed by atoms with Gasteiger partial charge in [0.15, 0.2) is 0 Å². The van der Waals surface area contributed by atoms with Crippen LogP contribution in [0.4, 0.5) is 0 Å². The van der Waals surface area contributed by atoms with Gasteiger partial charge in [-0.2, -0.15) is 13.7 Å². The maximum atomic E-state index is 12.1. The van der Waals surface area contributed by atoms with E-state index in [1.807, 2.05) is 26.0 Å². The molecule has 0 saturated heterocycles. The minimum Gasteiger partial charge on any atom is -0.382 e. The molecule has 0 aliphatic heterocycles. The Labute approximate surface area is 124 Å². The zero-order chi connectivity index (χ0) is 15.5. The van der Waals surface area contributed by atoms with Crippen LogP contribution in [0.3, 0.4) is 0 Å². The Balaban J connectivity index is 2.20. The van der Waals surface area contributed by atoms with Crippen molar-refractivity contribution in [2.24, 2.45) is 0 Å². The van der Waals surface area contributed by atoms with Crippen LogP contribution >= 0.6 is 0 Å². The van der Waals surface area contributed by atoms with Crippen LogP contribution in [0.5, 0.6) is 5.75 Å². The second-order valence-corrected chi connectivity index (χ2v) is 6.49. The van der Waals surface area contributed by atoms with Gasteiger partial charge in [0.2, 0.25) is 0 Å². The third-order valence-electron chi connectivity index (χ3n) is 2.82. The molecule has 5 heteroatoms. The molecule has 2 aromatic rings. The number of aryl methyl sites for hydroxylation is 2. The van der Waals surface area contributed by atoms with Crippen LogP contribution in [0.15, 0.2) is 42.5 Å². The van der Waals surface area contributed by atoms with Crippen molar-refractivity contribution in [3.63, 3.8) is 0 Å². The lowest BCUT2D eigenvalue weighted by Gasteiger charge is -2.09. The summed E-state index contributed by atoms with van der Waals surface area (Å²) in [7, 11) is -3.76. The third-order valence-corrected chi connectivity index (χ3v) is 3.95. The lowest BCUT2D eigenvalue weighted by molar-refractivity contribution is 0.484. The van der Waals surface area contributed by atoms with Crippen LogP contribution < -0.4 is 4.18 Å². The zero-order valence-corrected chi connectivity index (χ0v) is 12.6. The topological polar surface area (TPSA) is 67.2 Å². The maximum Gasteiger partial charge on any atom is 0.313 e. The van der Waals surface area contributed by atoms with Crippen LogP contribution in [0.1, 0.15) is 22.3 Å². The van der Waals surface area contributed by atoms with Gasteiger partial charge >= 0.3 is 10.1 Å². The Morgan fingerprint density at radius 3 is 2.38 bits per heavy atom. The van der Waals surface area contributed by atoms with Gasteiger partial charge in [0, 0.05) is 0 Å². The zero-order valence-electron chi connectivity index (χ0n) is 11.8. The molecule has 0 bridgehead atoms. The second kappa shape index (κ2) is 5.98. The predicted molar refractivity (Wildman–Crippen MR) is 80.3 cm³/mol. The first-order valence-electron chi connectivity index (χ1n) is 6.37. The molecule has 0 amide bonds. The summed E-state index contributed by atoms with van der Waals surface area (Å²) >= 11 is 0. The molecule has 0 unspecified atom stereocenters. The first kappa shape index (κ1) is 15.1. The van der Waals surface area contributed by atoms with Crippen LogP contribution in [-0.4, -0.2) is 8.42 Å². The molecule has 0 saturated carbocycles. The van der Waals surface area contributed by atoms with E-state index in [2.05, 4.69) is 0 Å². The molecule has 21 heavy (non-hydrogen) atoms. The fourth-order valence-corrected chi connectivity index (χ4v) is 3.13. The lowest BCUT2D eigenvalue weighted by Crippen LogP contribution is -2.12. The molecule has 0 aromatic heterocycles. The Bertz CT molecular complexity index is 784. The van der Waals surface area contributed by atoms with Crippen molar-refractivity contribution < 1.29 is 12.6 Å². The highest BCUT2D eigenvalue weighted by atomic mass is 32.2. The number of rotatable bonds is 4. The average molecular weight is 301 g/mol. The molecule has 0 aliphatic rings. The molecular weight excluding hydrogens is 286 g/mol. The Morgan fingerprint density at radius 1 is 1.10 bits per heavy atom. The summed E-state index contributed by atoms with van der Waals surface area (Å²) in [6.07, 6.45) is 0. The van der Waals surface area contributed by atoms with Crippen molar-refractivity contribution in [3.05, 3.63) is 64.7 Å². The van der Waals surface area contributed by atoms with E-state index in [4.69, 9.17) is 9.44 Å². The summed E-state index contributed by atoms with van der Waals surface area (Å²) < 4.78 is 29.3. The van der Waals surface area contributed by atoms with Gasteiger partial charge in [0.25, 0.3) is 0 Å².